The molecule has 31 heavy (non-hydrogen) atoms. The maximum Gasteiger partial charge on any atom is 0.418 e. The van der Waals surface area contributed by atoms with E-state index in [0.717, 1.165) is 35.7 Å². The number of halogens is 6. The zero-order valence-electron chi connectivity index (χ0n) is 16.1. The second-order valence-corrected chi connectivity index (χ2v) is 7.40. The van der Waals surface area contributed by atoms with Crippen molar-refractivity contribution in [1.29, 1.82) is 0 Å². The van der Waals surface area contributed by atoms with Crippen LogP contribution in [-0.2, 0) is 23.7 Å². The van der Waals surface area contributed by atoms with Gasteiger partial charge in [0.15, 0.2) is 5.65 Å². The van der Waals surface area contributed by atoms with E-state index in [1.807, 2.05) is 0 Å². The largest absolute Gasteiger partial charge is 0.418 e. The van der Waals surface area contributed by atoms with E-state index in [9.17, 15) is 31.1 Å². The highest BCUT2D eigenvalue weighted by atomic mass is 19.4. The number of pyridine rings is 1. The van der Waals surface area contributed by atoms with Crippen LogP contribution in [0.15, 0.2) is 30.3 Å². The SMILES string of the molecule is Cc1nn(CC(=O)Nc2ccccc2C(F)(F)F)c2nc(C3CC3)cc(C(F)(F)F)c12. The van der Waals surface area contributed by atoms with Crippen LogP contribution in [0.25, 0.3) is 11.0 Å². The van der Waals surface area contributed by atoms with Crippen molar-refractivity contribution in [2.24, 2.45) is 0 Å². The van der Waals surface area contributed by atoms with E-state index in [4.69, 9.17) is 0 Å². The normalized spacial score (nSPS) is 14.8. The molecule has 0 unspecified atom stereocenters. The number of nitrogens with one attached hydrogen (secondary N) is 1. The number of benzene rings is 1. The summed E-state index contributed by atoms with van der Waals surface area (Å²) in [6, 6.07) is 5.45. The van der Waals surface area contributed by atoms with Gasteiger partial charge in [0.05, 0.1) is 27.9 Å². The molecule has 11 heteroatoms. The highest BCUT2D eigenvalue weighted by Gasteiger charge is 2.38. The monoisotopic (exact) mass is 442 g/mol. The molecule has 3 aromatic rings. The van der Waals surface area contributed by atoms with E-state index in [-0.39, 0.29) is 28.3 Å². The number of fused-ring (bicyclic) bond motifs is 1. The van der Waals surface area contributed by atoms with Crippen molar-refractivity contribution in [3.05, 3.63) is 52.8 Å². The average Bonchev–Trinajstić information content (AvgIpc) is 3.46. The van der Waals surface area contributed by atoms with Crippen LogP contribution in [0.1, 0.15) is 41.3 Å². The summed E-state index contributed by atoms with van der Waals surface area (Å²) in [5.74, 6) is -0.949. The lowest BCUT2D eigenvalue weighted by molar-refractivity contribution is -0.137. The number of rotatable bonds is 4. The summed E-state index contributed by atoms with van der Waals surface area (Å²) in [7, 11) is 0. The topological polar surface area (TPSA) is 59.8 Å². The van der Waals surface area contributed by atoms with Crippen molar-refractivity contribution in [3.63, 3.8) is 0 Å². The Kier molecular flexibility index (Phi) is 4.94. The molecule has 0 aliphatic heterocycles. The first-order valence-corrected chi connectivity index (χ1v) is 9.36. The van der Waals surface area contributed by atoms with E-state index in [2.05, 4.69) is 15.4 Å². The lowest BCUT2D eigenvalue weighted by Crippen LogP contribution is -2.22. The second-order valence-electron chi connectivity index (χ2n) is 7.40. The summed E-state index contributed by atoms with van der Waals surface area (Å²) in [5, 5.41) is 5.95. The first-order valence-electron chi connectivity index (χ1n) is 9.36. The fraction of sp³-hybridized carbons (Fsp3) is 0.350. The lowest BCUT2D eigenvalue weighted by Gasteiger charge is -2.14. The highest BCUT2D eigenvalue weighted by molar-refractivity contribution is 5.92. The fourth-order valence-electron chi connectivity index (χ4n) is 3.46. The van der Waals surface area contributed by atoms with E-state index in [1.54, 1.807) is 0 Å². The van der Waals surface area contributed by atoms with Gasteiger partial charge in [-0.3, -0.25) is 4.79 Å². The van der Waals surface area contributed by atoms with Crippen molar-refractivity contribution in [2.45, 2.75) is 44.6 Å². The number of aryl methyl sites for hydroxylation is 1. The van der Waals surface area contributed by atoms with Gasteiger partial charge in [-0.1, -0.05) is 12.1 Å². The van der Waals surface area contributed by atoms with Crippen molar-refractivity contribution < 1.29 is 31.1 Å². The number of hydrogen-bond donors (Lipinski definition) is 1. The number of para-hydroxylation sites is 1. The van der Waals surface area contributed by atoms with Gasteiger partial charge in [0.25, 0.3) is 0 Å². The summed E-state index contributed by atoms with van der Waals surface area (Å²) < 4.78 is 81.3. The van der Waals surface area contributed by atoms with Gasteiger partial charge < -0.3 is 5.32 Å². The second kappa shape index (κ2) is 7.24. The summed E-state index contributed by atoms with van der Waals surface area (Å²) in [5.41, 5.74) is -2.18. The molecular formula is C20H16F6N4O. The summed E-state index contributed by atoms with van der Waals surface area (Å²) in [6.07, 6.45) is -7.88. The Balaban J connectivity index is 1.70. The molecule has 1 aliphatic rings. The number of alkyl halides is 6. The van der Waals surface area contributed by atoms with Crippen LogP contribution in [-0.4, -0.2) is 20.7 Å². The van der Waals surface area contributed by atoms with Crippen LogP contribution < -0.4 is 5.32 Å². The van der Waals surface area contributed by atoms with Crippen LogP contribution in [0.3, 0.4) is 0 Å². The standard InChI is InChI=1S/C20H16F6N4O/c1-10-17-13(20(24,25)26)8-15(11-6-7-11)28-18(17)30(29-10)9-16(31)27-14-5-3-2-4-12(14)19(21,22)23/h2-5,8,11H,6-7,9H2,1H3,(H,27,31). The first kappa shape index (κ1) is 21.1. The molecule has 1 N–H and O–H groups in total. The van der Waals surface area contributed by atoms with Crippen LogP contribution in [0, 0.1) is 6.92 Å². The number of hydrogen-bond acceptors (Lipinski definition) is 3. The third-order valence-corrected chi connectivity index (χ3v) is 5.00. The van der Waals surface area contributed by atoms with Gasteiger partial charge in [-0.2, -0.15) is 31.4 Å². The molecule has 1 aliphatic carbocycles. The molecule has 1 fully saturated rings. The minimum Gasteiger partial charge on any atom is -0.324 e. The molecule has 4 rings (SSSR count). The van der Waals surface area contributed by atoms with E-state index in [1.165, 1.54) is 19.1 Å². The van der Waals surface area contributed by atoms with E-state index in [0.29, 0.717) is 0 Å². The number of nitrogens with zero attached hydrogens (tertiary/aromatic N) is 3. The maximum atomic E-state index is 13.6. The Morgan fingerprint density at radius 1 is 1.10 bits per heavy atom. The van der Waals surface area contributed by atoms with Gasteiger partial charge in [0.2, 0.25) is 5.91 Å². The zero-order chi connectivity index (χ0) is 22.6. The third-order valence-electron chi connectivity index (χ3n) is 5.00. The third kappa shape index (κ3) is 4.21. The molecular weight excluding hydrogens is 426 g/mol. The molecule has 164 valence electrons. The molecule has 0 bridgehead atoms. The minimum absolute atomic E-state index is 0.0284. The lowest BCUT2D eigenvalue weighted by atomic mass is 10.1. The first-order chi connectivity index (χ1) is 14.4. The maximum absolute atomic E-state index is 13.6. The van der Waals surface area contributed by atoms with Gasteiger partial charge in [0, 0.05) is 11.6 Å². The van der Waals surface area contributed by atoms with Gasteiger partial charge in [-0.05, 0) is 38.0 Å². The van der Waals surface area contributed by atoms with Crippen LogP contribution in [0.5, 0.6) is 0 Å². The highest BCUT2D eigenvalue weighted by Crippen LogP contribution is 2.43. The van der Waals surface area contributed by atoms with Crippen molar-refractivity contribution in [2.75, 3.05) is 5.32 Å². The number of carbonyl (C=O) groups excluding carboxylic acids is 1. The van der Waals surface area contributed by atoms with E-state index < -0.39 is 41.6 Å². The van der Waals surface area contributed by atoms with Crippen LogP contribution in [0.2, 0.25) is 0 Å². The fourth-order valence-corrected chi connectivity index (χ4v) is 3.46. The van der Waals surface area contributed by atoms with Gasteiger partial charge in [-0.15, -0.1) is 0 Å². The van der Waals surface area contributed by atoms with Gasteiger partial charge in [-0.25, -0.2) is 9.67 Å². The summed E-state index contributed by atoms with van der Waals surface area (Å²) in [6.45, 7) is 0.776. The average molecular weight is 442 g/mol. The zero-order valence-corrected chi connectivity index (χ0v) is 16.1. The molecule has 0 atom stereocenters. The van der Waals surface area contributed by atoms with Crippen LogP contribution in [0.4, 0.5) is 32.0 Å². The molecule has 1 amide bonds. The Hall–Kier alpha value is -3.11. The Labute approximate surface area is 172 Å². The number of carbonyl (C=O) groups is 1. The van der Waals surface area contributed by atoms with Crippen molar-refractivity contribution in [3.8, 4) is 0 Å². The quantitative estimate of drug-likeness (QED) is 0.559. The molecule has 0 spiro atoms. The number of aromatic nitrogens is 3. The molecule has 0 saturated heterocycles. The number of amides is 1. The Morgan fingerprint density at radius 2 is 1.74 bits per heavy atom. The van der Waals surface area contributed by atoms with Crippen molar-refractivity contribution in [1.82, 2.24) is 14.8 Å². The van der Waals surface area contributed by atoms with Crippen LogP contribution >= 0.6 is 0 Å². The molecule has 5 nitrogen and oxygen atoms in total. The summed E-state index contributed by atoms with van der Waals surface area (Å²) >= 11 is 0. The molecule has 1 saturated carbocycles. The van der Waals surface area contributed by atoms with Gasteiger partial charge in [0.1, 0.15) is 6.54 Å². The molecule has 0 radical (unpaired) electrons. The molecule has 2 heterocycles. The van der Waals surface area contributed by atoms with Gasteiger partial charge >= 0.3 is 12.4 Å². The molecule has 1 aromatic carbocycles. The predicted octanol–water partition coefficient (Wildman–Crippen LogP) is 5.29. The smallest absolute Gasteiger partial charge is 0.324 e. The van der Waals surface area contributed by atoms with E-state index >= 15 is 0 Å². The predicted molar refractivity (Wildman–Crippen MR) is 99.3 cm³/mol. The Morgan fingerprint density at radius 3 is 2.35 bits per heavy atom. The van der Waals surface area contributed by atoms with Crippen molar-refractivity contribution >= 4 is 22.6 Å². The minimum atomic E-state index is -4.68. The molecule has 2 aromatic heterocycles. The Bertz CT molecular complexity index is 1160. The summed E-state index contributed by atoms with van der Waals surface area (Å²) in [4.78, 5) is 16.7. The number of anilines is 1.